The maximum Gasteiger partial charge on any atom is 0.232 e. The van der Waals surface area contributed by atoms with Crippen molar-refractivity contribution in [3.63, 3.8) is 0 Å². The van der Waals surface area contributed by atoms with Crippen molar-refractivity contribution in [2.75, 3.05) is 23.7 Å². The lowest BCUT2D eigenvalue weighted by atomic mass is 10.2. The minimum Gasteiger partial charge on any atom is -0.351 e. The molecular weight excluding hydrogens is 441 g/mol. The van der Waals surface area contributed by atoms with Gasteiger partial charge in [-0.15, -0.1) is 10.2 Å². The first kappa shape index (κ1) is 21.0. The van der Waals surface area contributed by atoms with Crippen molar-refractivity contribution in [3.8, 4) is 5.69 Å². The highest BCUT2D eigenvalue weighted by Crippen LogP contribution is 2.29. The van der Waals surface area contributed by atoms with E-state index in [4.69, 9.17) is 23.2 Å². The third-order valence-corrected chi connectivity index (χ3v) is 6.22. The number of hydrogen-bond acceptors (Lipinski definition) is 5. The van der Waals surface area contributed by atoms with Crippen molar-refractivity contribution in [1.29, 1.82) is 0 Å². The van der Waals surface area contributed by atoms with Gasteiger partial charge >= 0.3 is 0 Å². The molecular formula is C21H21Cl2N5OS. The smallest absolute Gasteiger partial charge is 0.232 e. The molecule has 0 spiro atoms. The number of aromatic nitrogens is 3. The van der Waals surface area contributed by atoms with E-state index in [1.165, 1.54) is 11.8 Å². The maximum atomic E-state index is 12.4. The Kier molecular flexibility index (Phi) is 6.82. The van der Waals surface area contributed by atoms with Gasteiger partial charge in [0.1, 0.15) is 0 Å². The van der Waals surface area contributed by atoms with Crippen LogP contribution in [0.4, 0.5) is 5.95 Å². The van der Waals surface area contributed by atoms with Gasteiger partial charge in [-0.3, -0.25) is 9.36 Å². The quantitative estimate of drug-likeness (QED) is 0.521. The van der Waals surface area contributed by atoms with Gasteiger partial charge in [-0.2, -0.15) is 0 Å². The Labute approximate surface area is 189 Å². The van der Waals surface area contributed by atoms with Crippen LogP contribution in [-0.4, -0.2) is 39.5 Å². The van der Waals surface area contributed by atoms with Gasteiger partial charge in [0, 0.05) is 29.7 Å². The van der Waals surface area contributed by atoms with Crippen LogP contribution in [0.2, 0.25) is 10.0 Å². The number of carbonyl (C=O) groups is 1. The number of hydrogen-bond donors (Lipinski definition) is 1. The van der Waals surface area contributed by atoms with Crippen LogP contribution >= 0.6 is 35.0 Å². The fourth-order valence-corrected chi connectivity index (χ4v) is 4.39. The summed E-state index contributed by atoms with van der Waals surface area (Å²) in [5, 5.41) is 13.7. The molecule has 6 nitrogen and oxygen atoms in total. The highest BCUT2D eigenvalue weighted by atomic mass is 35.5. The minimum atomic E-state index is -0.0710. The van der Waals surface area contributed by atoms with Gasteiger partial charge in [0.2, 0.25) is 11.9 Å². The molecule has 30 heavy (non-hydrogen) atoms. The van der Waals surface area contributed by atoms with E-state index in [2.05, 4.69) is 20.4 Å². The molecule has 1 aliphatic rings. The van der Waals surface area contributed by atoms with Gasteiger partial charge in [-0.1, -0.05) is 53.2 Å². The van der Waals surface area contributed by atoms with Crippen molar-refractivity contribution in [1.82, 2.24) is 20.1 Å². The molecule has 0 unspecified atom stereocenters. The molecule has 0 radical (unpaired) electrons. The van der Waals surface area contributed by atoms with Crippen LogP contribution in [-0.2, 0) is 11.3 Å². The number of nitrogens with one attached hydrogen (secondary N) is 1. The van der Waals surface area contributed by atoms with E-state index < -0.39 is 0 Å². The number of amides is 1. The molecule has 3 aromatic rings. The van der Waals surface area contributed by atoms with E-state index in [9.17, 15) is 4.79 Å². The fraction of sp³-hybridized carbons (Fsp3) is 0.286. The zero-order valence-corrected chi connectivity index (χ0v) is 18.6. The van der Waals surface area contributed by atoms with E-state index in [0.717, 1.165) is 43.1 Å². The molecule has 1 saturated heterocycles. The maximum absolute atomic E-state index is 12.4. The normalized spacial score (nSPS) is 13.6. The van der Waals surface area contributed by atoms with E-state index in [0.29, 0.717) is 21.7 Å². The molecule has 1 aromatic heterocycles. The lowest BCUT2D eigenvalue weighted by molar-refractivity contribution is -0.118. The van der Waals surface area contributed by atoms with E-state index in [1.54, 1.807) is 0 Å². The third-order valence-electron chi connectivity index (χ3n) is 4.81. The summed E-state index contributed by atoms with van der Waals surface area (Å²) < 4.78 is 1.98. The molecule has 0 bridgehead atoms. The summed E-state index contributed by atoms with van der Waals surface area (Å²) in [6.45, 7) is 2.35. The summed E-state index contributed by atoms with van der Waals surface area (Å²) in [6.07, 6.45) is 2.27. The largest absolute Gasteiger partial charge is 0.351 e. The Bertz CT molecular complexity index is 1020. The Morgan fingerprint density at radius 1 is 1.03 bits per heavy atom. The lowest BCUT2D eigenvalue weighted by Crippen LogP contribution is -2.25. The summed E-state index contributed by atoms with van der Waals surface area (Å²) in [7, 11) is 0. The van der Waals surface area contributed by atoms with Crippen LogP contribution in [0.25, 0.3) is 5.69 Å². The van der Waals surface area contributed by atoms with Gasteiger partial charge in [-0.05, 0) is 48.7 Å². The van der Waals surface area contributed by atoms with Gasteiger partial charge in [0.05, 0.1) is 11.4 Å². The first-order valence-corrected chi connectivity index (χ1v) is 11.4. The van der Waals surface area contributed by atoms with E-state index >= 15 is 0 Å². The molecule has 9 heteroatoms. The summed E-state index contributed by atoms with van der Waals surface area (Å²) >= 11 is 13.5. The summed E-state index contributed by atoms with van der Waals surface area (Å²) in [5.74, 6) is 0.962. The number of anilines is 1. The topological polar surface area (TPSA) is 63.1 Å². The van der Waals surface area contributed by atoms with Crippen LogP contribution in [0.5, 0.6) is 0 Å². The van der Waals surface area contributed by atoms with Gasteiger partial charge in [0.15, 0.2) is 5.16 Å². The number of nitrogens with zero attached hydrogens (tertiary/aromatic N) is 4. The number of halogens is 2. The van der Waals surface area contributed by atoms with Crippen molar-refractivity contribution < 1.29 is 4.79 Å². The van der Waals surface area contributed by atoms with E-state index in [1.807, 2.05) is 53.1 Å². The Balaban J connectivity index is 1.46. The van der Waals surface area contributed by atoms with Crippen LogP contribution in [0.3, 0.4) is 0 Å². The van der Waals surface area contributed by atoms with Gasteiger partial charge in [0.25, 0.3) is 0 Å². The minimum absolute atomic E-state index is 0.0710. The summed E-state index contributed by atoms with van der Waals surface area (Å²) in [6, 6.07) is 15.0. The Morgan fingerprint density at radius 2 is 1.80 bits per heavy atom. The van der Waals surface area contributed by atoms with Crippen molar-refractivity contribution in [2.24, 2.45) is 0 Å². The SMILES string of the molecule is O=C(CSc1nnc(N2CCCC2)n1-c1cccc(Cl)c1)NCc1ccc(Cl)cc1. The fourth-order valence-electron chi connectivity index (χ4n) is 3.30. The molecule has 0 saturated carbocycles. The molecule has 4 rings (SSSR count). The monoisotopic (exact) mass is 461 g/mol. The molecule has 1 amide bonds. The Morgan fingerprint density at radius 3 is 2.53 bits per heavy atom. The van der Waals surface area contributed by atoms with Crippen LogP contribution in [0.15, 0.2) is 53.7 Å². The van der Waals surface area contributed by atoms with E-state index in [-0.39, 0.29) is 11.7 Å². The second-order valence-electron chi connectivity index (χ2n) is 6.98. The van der Waals surface area contributed by atoms with Crippen LogP contribution < -0.4 is 10.2 Å². The first-order chi connectivity index (χ1) is 14.6. The van der Waals surface area contributed by atoms with Crippen LogP contribution in [0, 0.1) is 0 Å². The molecule has 156 valence electrons. The number of benzene rings is 2. The molecule has 1 fully saturated rings. The number of carbonyl (C=O) groups excluding carboxylic acids is 1. The third kappa shape index (κ3) is 5.09. The zero-order valence-electron chi connectivity index (χ0n) is 16.2. The number of rotatable bonds is 7. The molecule has 1 N–H and O–H groups in total. The summed E-state index contributed by atoms with van der Waals surface area (Å²) in [5.41, 5.74) is 1.88. The van der Waals surface area contributed by atoms with Crippen molar-refractivity contribution in [2.45, 2.75) is 24.5 Å². The molecule has 0 aliphatic carbocycles. The zero-order chi connectivity index (χ0) is 20.9. The predicted molar refractivity (Wildman–Crippen MR) is 122 cm³/mol. The van der Waals surface area contributed by atoms with Crippen LogP contribution in [0.1, 0.15) is 18.4 Å². The van der Waals surface area contributed by atoms with Crippen molar-refractivity contribution >= 4 is 46.8 Å². The van der Waals surface area contributed by atoms with Crippen molar-refractivity contribution in [3.05, 3.63) is 64.1 Å². The molecule has 2 aromatic carbocycles. The van der Waals surface area contributed by atoms with Gasteiger partial charge in [-0.25, -0.2) is 0 Å². The molecule has 2 heterocycles. The number of thioether (sulfide) groups is 1. The molecule has 1 aliphatic heterocycles. The molecule has 0 atom stereocenters. The second kappa shape index (κ2) is 9.73. The summed E-state index contributed by atoms with van der Waals surface area (Å²) in [4.78, 5) is 14.6. The van der Waals surface area contributed by atoms with Gasteiger partial charge < -0.3 is 10.2 Å². The highest BCUT2D eigenvalue weighted by molar-refractivity contribution is 7.99. The standard InChI is InChI=1S/C21H21Cl2N5OS/c22-16-8-6-15(7-9-16)13-24-19(29)14-30-21-26-25-20(27-10-1-2-11-27)28(21)18-5-3-4-17(23)12-18/h3-9,12H,1-2,10-11,13-14H2,(H,24,29). The predicted octanol–water partition coefficient (Wildman–Crippen LogP) is 4.58. The Hall–Kier alpha value is -2.22. The second-order valence-corrected chi connectivity index (χ2v) is 8.80. The first-order valence-electron chi connectivity index (χ1n) is 9.70. The highest BCUT2D eigenvalue weighted by Gasteiger charge is 2.23. The average Bonchev–Trinajstić information content (AvgIpc) is 3.41. The lowest BCUT2D eigenvalue weighted by Gasteiger charge is -2.18. The average molecular weight is 462 g/mol.